The molecule has 0 aliphatic carbocycles. The van der Waals surface area contributed by atoms with Gasteiger partial charge in [0.2, 0.25) is 0 Å². The third-order valence-electron chi connectivity index (χ3n) is 4.31. The number of aryl methyl sites for hydroxylation is 1. The van der Waals surface area contributed by atoms with Gasteiger partial charge in [0, 0.05) is 42.2 Å². The van der Waals surface area contributed by atoms with Crippen LogP contribution in [0.4, 0.5) is 4.79 Å². The molecule has 1 aliphatic rings. The predicted molar refractivity (Wildman–Crippen MR) is 99.7 cm³/mol. The fourth-order valence-corrected chi connectivity index (χ4v) is 3.13. The standard InChI is InChI=1S/C19H23ClN2O4/c1-12-14-11-13(20)5-6-15(14)25-16(12)17(23)21-7-9-22(10-8-21)18(24)26-19(2,3)4/h5-6,11H,7-10H2,1-4H3. The van der Waals surface area contributed by atoms with Gasteiger partial charge in [-0.2, -0.15) is 0 Å². The lowest BCUT2D eigenvalue weighted by molar-refractivity contribution is 0.0137. The minimum atomic E-state index is -0.531. The highest BCUT2D eigenvalue weighted by atomic mass is 35.5. The summed E-state index contributed by atoms with van der Waals surface area (Å²) < 4.78 is 11.1. The molecule has 0 spiro atoms. The van der Waals surface area contributed by atoms with Gasteiger partial charge in [0.05, 0.1) is 0 Å². The minimum absolute atomic E-state index is 0.168. The van der Waals surface area contributed by atoms with Gasteiger partial charge >= 0.3 is 6.09 Å². The number of carbonyl (C=O) groups excluding carboxylic acids is 2. The average molecular weight is 379 g/mol. The van der Waals surface area contributed by atoms with Crippen LogP contribution in [-0.4, -0.2) is 53.6 Å². The topological polar surface area (TPSA) is 63.0 Å². The Morgan fingerprint density at radius 3 is 2.35 bits per heavy atom. The lowest BCUT2D eigenvalue weighted by atomic mass is 10.1. The molecular formula is C19H23ClN2O4. The second kappa shape index (κ2) is 6.83. The van der Waals surface area contributed by atoms with Gasteiger partial charge in [-0.1, -0.05) is 11.6 Å². The predicted octanol–water partition coefficient (Wildman–Crippen LogP) is 4.09. The molecule has 6 nitrogen and oxygen atoms in total. The fourth-order valence-electron chi connectivity index (χ4n) is 2.96. The van der Waals surface area contributed by atoms with Crippen molar-refractivity contribution in [2.24, 2.45) is 0 Å². The Balaban J connectivity index is 1.69. The quantitative estimate of drug-likeness (QED) is 0.749. The lowest BCUT2D eigenvalue weighted by Gasteiger charge is -2.35. The van der Waals surface area contributed by atoms with Crippen molar-refractivity contribution in [2.75, 3.05) is 26.2 Å². The summed E-state index contributed by atoms with van der Waals surface area (Å²) in [4.78, 5) is 28.3. The van der Waals surface area contributed by atoms with E-state index in [9.17, 15) is 9.59 Å². The molecule has 1 aromatic heterocycles. The minimum Gasteiger partial charge on any atom is -0.451 e. The summed E-state index contributed by atoms with van der Waals surface area (Å²) in [5, 5.41) is 1.44. The van der Waals surface area contributed by atoms with E-state index in [1.807, 2.05) is 27.7 Å². The van der Waals surface area contributed by atoms with Crippen molar-refractivity contribution in [1.82, 2.24) is 9.80 Å². The van der Waals surface area contributed by atoms with Gasteiger partial charge in [-0.15, -0.1) is 0 Å². The van der Waals surface area contributed by atoms with E-state index in [1.165, 1.54) is 0 Å². The average Bonchev–Trinajstić information content (AvgIpc) is 2.89. The van der Waals surface area contributed by atoms with E-state index in [0.717, 1.165) is 10.9 Å². The number of carbonyl (C=O) groups is 2. The first-order valence-electron chi connectivity index (χ1n) is 8.61. The van der Waals surface area contributed by atoms with Gasteiger partial charge in [-0.3, -0.25) is 4.79 Å². The monoisotopic (exact) mass is 378 g/mol. The summed E-state index contributed by atoms with van der Waals surface area (Å²) >= 11 is 6.03. The van der Waals surface area contributed by atoms with E-state index in [-0.39, 0.29) is 12.0 Å². The van der Waals surface area contributed by atoms with Gasteiger partial charge < -0.3 is 19.0 Å². The molecule has 0 bridgehead atoms. The number of hydrogen-bond acceptors (Lipinski definition) is 4. The molecule has 0 radical (unpaired) electrons. The SMILES string of the molecule is Cc1c(C(=O)N2CCN(C(=O)OC(C)(C)C)CC2)oc2ccc(Cl)cc12. The molecule has 2 aromatic rings. The Morgan fingerprint density at radius 1 is 1.12 bits per heavy atom. The second-order valence-corrected chi connectivity index (χ2v) is 7.89. The summed E-state index contributed by atoms with van der Waals surface area (Å²) in [5.41, 5.74) is 0.890. The molecule has 0 unspecified atom stereocenters. The molecule has 2 heterocycles. The molecule has 1 saturated heterocycles. The summed E-state index contributed by atoms with van der Waals surface area (Å²) in [6.07, 6.45) is -0.348. The lowest BCUT2D eigenvalue weighted by Crippen LogP contribution is -2.51. The van der Waals surface area contributed by atoms with Gasteiger partial charge in [0.1, 0.15) is 11.2 Å². The molecule has 140 valence electrons. The number of ether oxygens (including phenoxy) is 1. The van der Waals surface area contributed by atoms with Crippen molar-refractivity contribution in [1.29, 1.82) is 0 Å². The van der Waals surface area contributed by atoms with Crippen molar-refractivity contribution in [2.45, 2.75) is 33.3 Å². The number of rotatable bonds is 1. The van der Waals surface area contributed by atoms with Gasteiger partial charge in [-0.05, 0) is 45.9 Å². The van der Waals surface area contributed by atoms with Crippen molar-refractivity contribution < 1.29 is 18.7 Å². The zero-order valence-corrected chi connectivity index (χ0v) is 16.2. The van der Waals surface area contributed by atoms with E-state index in [4.69, 9.17) is 20.8 Å². The van der Waals surface area contributed by atoms with E-state index in [2.05, 4.69) is 0 Å². The smallest absolute Gasteiger partial charge is 0.410 e. The number of furan rings is 1. The molecule has 0 saturated carbocycles. The first-order chi connectivity index (χ1) is 12.2. The molecule has 0 atom stereocenters. The van der Waals surface area contributed by atoms with E-state index in [1.54, 1.807) is 28.0 Å². The maximum Gasteiger partial charge on any atom is 0.410 e. The van der Waals surface area contributed by atoms with Gasteiger partial charge in [-0.25, -0.2) is 4.79 Å². The molecule has 1 aromatic carbocycles. The number of nitrogens with zero attached hydrogens (tertiary/aromatic N) is 2. The number of amides is 2. The molecule has 3 rings (SSSR count). The molecule has 1 aliphatic heterocycles. The van der Waals surface area contributed by atoms with Gasteiger partial charge in [0.15, 0.2) is 5.76 Å². The number of benzene rings is 1. The molecule has 26 heavy (non-hydrogen) atoms. The molecule has 7 heteroatoms. The molecular weight excluding hydrogens is 356 g/mol. The normalized spacial score (nSPS) is 15.4. The first-order valence-corrected chi connectivity index (χ1v) is 8.99. The maximum atomic E-state index is 12.8. The van der Waals surface area contributed by atoms with Crippen LogP contribution in [-0.2, 0) is 4.74 Å². The number of hydrogen-bond donors (Lipinski definition) is 0. The third-order valence-corrected chi connectivity index (χ3v) is 4.55. The summed E-state index contributed by atoms with van der Waals surface area (Å²) in [6.45, 7) is 9.11. The summed E-state index contributed by atoms with van der Waals surface area (Å²) in [6, 6.07) is 5.30. The van der Waals surface area contributed by atoms with Crippen LogP contribution in [0.3, 0.4) is 0 Å². The van der Waals surface area contributed by atoms with Crippen molar-refractivity contribution in [3.63, 3.8) is 0 Å². The van der Waals surface area contributed by atoms with Crippen LogP contribution < -0.4 is 0 Å². The van der Waals surface area contributed by atoms with Crippen molar-refractivity contribution in [3.8, 4) is 0 Å². The molecule has 0 N–H and O–H groups in total. The number of fused-ring (bicyclic) bond motifs is 1. The van der Waals surface area contributed by atoms with Crippen LogP contribution in [0.25, 0.3) is 11.0 Å². The fraction of sp³-hybridized carbons (Fsp3) is 0.474. The van der Waals surface area contributed by atoms with Crippen LogP contribution in [0.15, 0.2) is 22.6 Å². The third kappa shape index (κ3) is 3.80. The Labute approximate surface area is 157 Å². The maximum absolute atomic E-state index is 12.8. The molecule has 2 amide bonds. The first kappa shape index (κ1) is 18.6. The van der Waals surface area contributed by atoms with E-state index < -0.39 is 5.60 Å². The van der Waals surface area contributed by atoms with E-state index >= 15 is 0 Å². The van der Waals surface area contributed by atoms with E-state index in [0.29, 0.717) is 42.5 Å². The highest BCUT2D eigenvalue weighted by Crippen LogP contribution is 2.29. The van der Waals surface area contributed by atoms with Crippen LogP contribution in [0.5, 0.6) is 0 Å². The van der Waals surface area contributed by atoms with Crippen molar-refractivity contribution >= 4 is 34.6 Å². The van der Waals surface area contributed by atoms with Crippen LogP contribution in [0, 0.1) is 6.92 Å². The molecule has 1 fully saturated rings. The largest absolute Gasteiger partial charge is 0.451 e. The van der Waals surface area contributed by atoms with Crippen LogP contribution >= 0.6 is 11.6 Å². The Kier molecular flexibility index (Phi) is 4.88. The Morgan fingerprint density at radius 2 is 1.73 bits per heavy atom. The van der Waals surface area contributed by atoms with Gasteiger partial charge in [0.25, 0.3) is 5.91 Å². The number of halogens is 1. The van der Waals surface area contributed by atoms with Crippen LogP contribution in [0.1, 0.15) is 36.9 Å². The van der Waals surface area contributed by atoms with Crippen LogP contribution in [0.2, 0.25) is 5.02 Å². The highest BCUT2D eigenvalue weighted by molar-refractivity contribution is 6.31. The van der Waals surface area contributed by atoms with Crippen molar-refractivity contribution in [3.05, 3.63) is 34.5 Å². The summed E-state index contributed by atoms with van der Waals surface area (Å²) in [5.74, 6) is 0.159. The highest BCUT2D eigenvalue weighted by Gasteiger charge is 2.30. The Bertz CT molecular complexity index is 845. The summed E-state index contributed by atoms with van der Waals surface area (Å²) in [7, 11) is 0. The zero-order chi connectivity index (χ0) is 19.1. The zero-order valence-electron chi connectivity index (χ0n) is 15.5. The Hall–Kier alpha value is -2.21. The number of piperazine rings is 1. The second-order valence-electron chi connectivity index (χ2n) is 7.46.